The molecule has 3 nitrogen and oxygen atoms in total. The van der Waals surface area contributed by atoms with E-state index in [4.69, 9.17) is 5.11 Å². The summed E-state index contributed by atoms with van der Waals surface area (Å²) < 4.78 is 153. The number of hydrogen-bond donors (Lipinski definition) is 1. The van der Waals surface area contributed by atoms with Crippen LogP contribution in [0.5, 0.6) is 0 Å². The highest BCUT2D eigenvalue weighted by atomic mass is 19.4. The summed E-state index contributed by atoms with van der Waals surface area (Å²) in [5.74, 6) is -25.5. The number of carbonyl (C=O) groups is 1. The van der Waals surface area contributed by atoms with Crippen LogP contribution in [0.1, 0.15) is 0 Å². The van der Waals surface area contributed by atoms with Crippen LogP contribution in [-0.2, 0) is 4.79 Å². The van der Waals surface area contributed by atoms with Gasteiger partial charge in [0.25, 0.3) is 0 Å². The van der Waals surface area contributed by atoms with Crippen molar-refractivity contribution in [2.45, 2.75) is 35.9 Å². The first-order valence-corrected chi connectivity index (χ1v) is 4.62. The van der Waals surface area contributed by atoms with Gasteiger partial charge in [-0.2, -0.15) is 48.3 Å². The summed E-state index contributed by atoms with van der Waals surface area (Å²) in [5, 5.41) is 7.94. The molecular formula is C7HF12NO2. The number of halogens is 12. The van der Waals surface area contributed by atoms with Crippen molar-refractivity contribution < 1.29 is 62.6 Å². The Hall–Kier alpha value is -1.41. The van der Waals surface area contributed by atoms with Gasteiger partial charge in [0.2, 0.25) is 0 Å². The SMILES string of the molecule is O=C(O)C(F)(N1C(F)(F)C(F)(F)C(F)(F)C1(F)F)C(F)(F)F. The first-order valence-electron chi connectivity index (χ1n) is 4.62. The molecule has 0 aliphatic carbocycles. The molecule has 22 heavy (non-hydrogen) atoms. The maximum Gasteiger partial charge on any atom is 0.448 e. The van der Waals surface area contributed by atoms with Crippen molar-refractivity contribution in [1.29, 1.82) is 0 Å². The second-order valence-electron chi connectivity index (χ2n) is 3.99. The Kier molecular flexibility index (Phi) is 3.48. The third-order valence-electron chi connectivity index (χ3n) is 2.68. The van der Waals surface area contributed by atoms with Crippen LogP contribution in [-0.4, -0.2) is 51.9 Å². The minimum atomic E-state index is -7.19. The predicted molar refractivity (Wildman–Crippen MR) is 39.2 cm³/mol. The third-order valence-corrected chi connectivity index (χ3v) is 2.68. The van der Waals surface area contributed by atoms with Crippen LogP contribution in [0.3, 0.4) is 0 Å². The maximum absolute atomic E-state index is 13.4. The Morgan fingerprint density at radius 3 is 1.23 bits per heavy atom. The van der Waals surface area contributed by atoms with Crippen molar-refractivity contribution in [3.8, 4) is 0 Å². The van der Waals surface area contributed by atoms with E-state index in [1.807, 2.05) is 0 Å². The van der Waals surface area contributed by atoms with E-state index in [1.54, 1.807) is 0 Å². The largest absolute Gasteiger partial charge is 0.478 e. The molecule has 0 aromatic rings. The van der Waals surface area contributed by atoms with Crippen LogP contribution in [0, 0.1) is 0 Å². The van der Waals surface area contributed by atoms with Crippen LogP contribution in [0.2, 0.25) is 0 Å². The zero-order valence-corrected chi connectivity index (χ0v) is 9.34. The molecule has 130 valence electrons. The number of nitrogens with zero attached hydrogens (tertiary/aromatic N) is 1. The molecule has 1 N–H and O–H groups in total. The maximum atomic E-state index is 13.4. The summed E-state index contributed by atoms with van der Waals surface area (Å²) >= 11 is 0. The van der Waals surface area contributed by atoms with Gasteiger partial charge in [0.05, 0.1) is 0 Å². The summed E-state index contributed by atoms with van der Waals surface area (Å²) in [6.45, 7) is 0. The molecule has 15 heteroatoms. The number of hydrogen-bond acceptors (Lipinski definition) is 2. The summed E-state index contributed by atoms with van der Waals surface area (Å²) in [4.78, 5) is 6.49. The van der Waals surface area contributed by atoms with Gasteiger partial charge in [-0.15, -0.1) is 4.90 Å². The second kappa shape index (κ2) is 4.11. The summed E-state index contributed by atoms with van der Waals surface area (Å²) in [6, 6.07) is -14.4. The van der Waals surface area contributed by atoms with E-state index < -0.39 is 46.8 Å². The quantitative estimate of drug-likeness (QED) is 0.609. The fourth-order valence-electron chi connectivity index (χ4n) is 1.57. The van der Waals surface area contributed by atoms with Gasteiger partial charge in [0.15, 0.2) is 0 Å². The Balaban J connectivity index is 3.82. The molecule has 1 aliphatic heterocycles. The standard InChI is InChI=1S/C7HF12NO2/c8-2(1(21)22,5(13,14)15)20-6(16,17)3(9,10)4(11,12)7(20,18)19/h(H,21,22). The molecule has 0 aromatic carbocycles. The number of alkyl halides is 12. The predicted octanol–water partition coefficient (Wildman–Crippen LogP) is 3.07. The zero-order valence-electron chi connectivity index (χ0n) is 9.34. The third kappa shape index (κ3) is 1.68. The lowest BCUT2D eigenvalue weighted by Gasteiger charge is -2.37. The summed E-state index contributed by atoms with van der Waals surface area (Å²) in [6.07, 6.45) is -7.18. The van der Waals surface area contributed by atoms with Crippen LogP contribution in [0.15, 0.2) is 0 Å². The second-order valence-corrected chi connectivity index (χ2v) is 3.99. The van der Waals surface area contributed by atoms with Crippen LogP contribution in [0.25, 0.3) is 0 Å². The van der Waals surface area contributed by atoms with Gasteiger partial charge in [-0.1, -0.05) is 0 Å². The number of likely N-dealkylation sites (tertiary alicyclic amines) is 1. The number of carboxylic acids is 1. The Labute approximate surface area is 111 Å². The highest BCUT2D eigenvalue weighted by Crippen LogP contribution is 2.66. The molecule has 1 heterocycles. The van der Waals surface area contributed by atoms with E-state index >= 15 is 0 Å². The highest BCUT2D eigenvalue weighted by molar-refractivity contribution is 5.78. The van der Waals surface area contributed by atoms with Crippen LogP contribution >= 0.6 is 0 Å². The number of carboxylic acid groups (broad SMARTS) is 1. The van der Waals surface area contributed by atoms with Gasteiger partial charge < -0.3 is 5.11 Å². The molecule has 1 unspecified atom stereocenters. The zero-order chi connectivity index (χ0) is 18.2. The van der Waals surface area contributed by atoms with E-state index in [2.05, 4.69) is 0 Å². The average molecular weight is 359 g/mol. The van der Waals surface area contributed by atoms with Gasteiger partial charge in [0.1, 0.15) is 0 Å². The fourth-order valence-corrected chi connectivity index (χ4v) is 1.57. The van der Waals surface area contributed by atoms with Crippen molar-refractivity contribution in [2.24, 2.45) is 0 Å². The molecule has 0 aromatic heterocycles. The van der Waals surface area contributed by atoms with Crippen molar-refractivity contribution in [2.75, 3.05) is 0 Å². The van der Waals surface area contributed by atoms with E-state index in [-0.39, 0.29) is 0 Å². The minimum Gasteiger partial charge on any atom is -0.478 e. The lowest BCUT2D eigenvalue weighted by Crippen LogP contribution is -2.69. The van der Waals surface area contributed by atoms with Gasteiger partial charge >= 0.3 is 41.9 Å². The lowest BCUT2D eigenvalue weighted by atomic mass is 10.2. The van der Waals surface area contributed by atoms with Crippen molar-refractivity contribution in [3.05, 3.63) is 0 Å². The first-order chi connectivity index (χ1) is 9.31. The molecule has 1 rings (SSSR count). The molecule has 0 spiro atoms. The molecule has 0 saturated carbocycles. The lowest BCUT2D eigenvalue weighted by molar-refractivity contribution is -0.383. The van der Waals surface area contributed by atoms with Crippen molar-refractivity contribution >= 4 is 5.97 Å². The van der Waals surface area contributed by atoms with E-state index in [0.29, 0.717) is 0 Å². The highest BCUT2D eigenvalue weighted by Gasteiger charge is 2.98. The Morgan fingerprint density at radius 1 is 0.773 bits per heavy atom. The fraction of sp³-hybridized carbons (Fsp3) is 0.857. The molecule has 1 fully saturated rings. The van der Waals surface area contributed by atoms with Crippen molar-refractivity contribution in [3.63, 3.8) is 0 Å². The smallest absolute Gasteiger partial charge is 0.448 e. The summed E-state index contributed by atoms with van der Waals surface area (Å²) in [5.41, 5.74) is 0. The molecule has 1 atom stereocenters. The Morgan fingerprint density at radius 2 is 1.05 bits per heavy atom. The van der Waals surface area contributed by atoms with Gasteiger partial charge in [-0.25, -0.2) is 9.18 Å². The molecule has 0 bridgehead atoms. The van der Waals surface area contributed by atoms with Crippen LogP contribution in [0.4, 0.5) is 52.7 Å². The van der Waals surface area contributed by atoms with Crippen molar-refractivity contribution in [1.82, 2.24) is 4.90 Å². The topological polar surface area (TPSA) is 40.5 Å². The molecule has 1 saturated heterocycles. The Bertz CT molecular complexity index is 472. The first kappa shape index (κ1) is 18.6. The summed E-state index contributed by atoms with van der Waals surface area (Å²) in [7, 11) is 0. The monoisotopic (exact) mass is 359 g/mol. The normalized spacial score (nSPS) is 29.1. The van der Waals surface area contributed by atoms with Gasteiger partial charge in [0, 0.05) is 0 Å². The molecule has 0 radical (unpaired) electrons. The van der Waals surface area contributed by atoms with Crippen LogP contribution < -0.4 is 0 Å². The molecule has 1 aliphatic rings. The average Bonchev–Trinajstić information content (AvgIpc) is 2.31. The minimum absolute atomic E-state index is 3.67. The van der Waals surface area contributed by atoms with Gasteiger partial charge in [-0.05, 0) is 0 Å². The van der Waals surface area contributed by atoms with E-state index in [9.17, 15) is 57.5 Å². The van der Waals surface area contributed by atoms with Gasteiger partial charge in [-0.3, -0.25) is 0 Å². The van der Waals surface area contributed by atoms with E-state index in [0.717, 1.165) is 0 Å². The molecule has 0 amide bonds. The number of rotatable bonds is 2. The molecular weight excluding hydrogens is 358 g/mol. The number of aliphatic carboxylic acids is 1. The van der Waals surface area contributed by atoms with E-state index in [1.165, 1.54) is 0 Å².